The van der Waals surface area contributed by atoms with Gasteiger partial charge in [-0.2, -0.15) is 0 Å². The lowest BCUT2D eigenvalue weighted by Gasteiger charge is -2.28. The summed E-state index contributed by atoms with van der Waals surface area (Å²) in [4.78, 5) is 13.6. The Morgan fingerprint density at radius 2 is 1.88 bits per heavy atom. The number of nitrogens with one attached hydrogen (secondary N) is 2. The molecule has 96 valence electrons. The minimum Gasteiger partial charge on any atom is -0.354 e. The van der Waals surface area contributed by atoms with Crippen molar-refractivity contribution in [1.82, 2.24) is 15.5 Å². The van der Waals surface area contributed by atoms with E-state index in [4.69, 9.17) is 0 Å². The van der Waals surface area contributed by atoms with Crippen molar-refractivity contribution in [2.24, 2.45) is 5.41 Å². The van der Waals surface area contributed by atoms with E-state index in [2.05, 4.69) is 29.4 Å². The molecule has 0 rings (SSSR count). The number of carbonyl (C=O) groups is 1. The standard InChI is InChI=1S/C12H27N3O/c1-10(2)13-7-11(16)14-8-12(3,4)9-15(5)6/h10,13H,7-9H2,1-6H3,(H,14,16). The van der Waals surface area contributed by atoms with Gasteiger partial charge >= 0.3 is 0 Å². The van der Waals surface area contributed by atoms with E-state index in [0.717, 1.165) is 6.54 Å². The number of carbonyl (C=O) groups excluding carboxylic acids is 1. The van der Waals surface area contributed by atoms with E-state index >= 15 is 0 Å². The minimum atomic E-state index is 0.0699. The van der Waals surface area contributed by atoms with Crippen LogP contribution in [0.2, 0.25) is 0 Å². The first-order chi connectivity index (χ1) is 7.23. The Morgan fingerprint density at radius 3 is 2.31 bits per heavy atom. The fraction of sp³-hybridized carbons (Fsp3) is 0.917. The first kappa shape index (κ1) is 15.4. The fourth-order valence-corrected chi connectivity index (χ4v) is 1.61. The highest BCUT2D eigenvalue weighted by Gasteiger charge is 2.19. The Balaban J connectivity index is 3.81. The van der Waals surface area contributed by atoms with Crippen LogP contribution in [0.1, 0.15) is 27.7 Å². The molecule has 0 saturated carbocycles. The molecule has 0 aromatic rings. The third kappa shape index (κ3) is 8.68. The molecule has 0 bridgehead atoms. The summed E-state index contributed by atoms with van der Waals surface area (Å²) < 4.78 is 0. The van der Waals surface area contributed by atoms with Crippen molar-refractivity contribution in [1.29, 1.82) is 0 Å². The quantitative estimate of drug-likeness (QED) is 0.675. The number of hydrogen-bond donors (Lipinski definition) is 2. The van der Waals surface area contributed by atoms with E-state index in [0.29, 0.717) is 19.1 Å². The topological polar surface area (TPSA) is 44.4 Å². The smallest absolute Gasteiger partial charge is 0.233 e. The molecular formula is C12H27N3O. The van der Waals surface area contributed by atoms with Crippen LogP contribution >= 0.6 is 0 Å². The average Bonchev–Trinajstić information content (AvgIpc) is 2.09. The lowest BCUT2D eigenvalue weighted by Crippen LogP contribution is -2.43. The predicted octanol–water partition coefficient (Wildman–Crippen LogP) is 0.688. The third-order valence-corrected chi connectivity index (χ3v) is 2.18. The zero-order chi connectivity index (χ0) is 12.8. The lowest BCUT2D eigenvalue weighted by molar-refractivity contribution is -0.120. The second-order valence-corrected chi connectivity index (χ2v) is 5.71. The lowest BCUT2D eigenvalue weighted by atomic mass is 9.93. The summed E-state index contributed by atoms with van der Waals surface area (Å²) in [6.45, 7) is 10.4. The molecule has 0 unspecified atom stereocenters. The van der Waals surface area contributed by atoms with E-state index in [9.17, 15) is 4.79 Å². The molecule has 4 heteroatoms. The predicted molar refractivity (Wildman–Crippen MR) is 68.5 cm³/mol. The molecule has 0 heterocycles. The highest BCUT2D eigenvalue weighted by molar-refractivity contribution is 5.78. The van der Waals surface area contributed by atoms with Gasteiger partial charge in [0.15, 0.2) is 0 Å². The molecule has 0 aromatic heterocycles. The van der Waals surface area contributed by atoms with Gasteiger partial charge in [0, 0.05) is 19.1 Å². The molecule has 2 N–H and O–H groups in total. The Morgan fingerprint density at radius 1 is 1.31 bits per heavy atom. The van der Waals surface area contributed by atoms with Crippen molar-refractivity contribution in [2.75, 3.05) is 33.7 Å². The van der Waals surface area contributed by atoms with Crippen LogP contribution in [0.4, 0.5) is 0 Å². The van der Waals surface area contributed by atoms with Crippen LogP contribution in [0.25, 0.3) is 0 Å². The van der Waals surface area contributed by atoms with Gasteiger partial charge in [0.1, 0.15) is 0 Å². The maximum Gasteiger partial charge on any atom is 0.233 e. The molecule has 0 aromatic carbocycles. The first-order valence-corrected chi connectivity index (χ1v) is 5.88. The molecule has 0 aliphatic carbocycles. The summed E-state index contributed by atoms with van der Waals surface area (Å²) in [7, 11) is 4.09. The molecule has 0 atom stereocenters. The normalized spacial score (nSPS) is 12.2. The SMILES string of the molecule is CC(C)NCC(=O)NCC(C)(C)CN(C)C. The molecule has 0 fully saturated rings. The number of hydrogen-bond acceptors (Lipinski definition) is 3. The van der Waals surface area contributed by atoms with Gasteiger partial charge in [-0.3, -0.25) is 4.79 Å². The molecule has 4 nitrogen and oxygen atoms in total. The average molecular weight is 229 g/mol. The number of nitrogens with zero attached hydrogens (tertiary/aromatic N) is 1. The second kappa shape index (κ2) is 6.86. The van der Waals surface area contributed by atoms with Gasteiger partial charge in [0.05, 0.1) is 6.54 Å². The molecular weight excluding hydrogens is 202 g/mol. The van der Waals surface area contributed by atoms with Crippen LogP contribution in [0.15, 0.2) is 0 Å². The van der Waals surface area contributed by atoms with Crippen molar-refractivity contribution in [3.05, 3.63) is 0 Å². The first-order valence-electron chi connectivity index (χ1n) is 5.88. The summed E-state index contributed by atoms with van der Waals surface area (Å²) in [5.74, 6) is 0.0699. The van der Waals surface area contributed by atoms with E-state index in [-0.39, 0.29) is 11.3 Å². The van der Waals surface area contributed by atoms with Gasteiger partial charge in [0.25, 0.3) is 0 Å². The van der Waals surface area contributed by atoms with E-state index in [1.165, 1.54) is 0 Å². The number of rotatable bonds is 7. The Labute approximate surface area is 99.8 Å². The summed E-state index contributed by atoms with van der Waals surface area (Å²) in [6.07, 6.45) is 0. The Kier molecular flexibility index (Phi) is 6.60. The zero-order valence-electron chi connectivity index (χ0n) is 11.6. The minimum absolute atomic E-state index is 0.0699. The molecule has 0 spiro atoms. The number of amides is 1. The molecule has 0 aliphatic heterocycles. The Bertz CT molecular complexity index is 212. The molecule has 16 heavy (non-hydrogen) atoms. The zero-order valence-corrected chi connectivity index (χ0v) is 11.6. The van der Waals surface area contributed by atoms with Crippen molar-refractivity contribution in [2.45, 2.75) is 33.7 Å². The fourth-order valence-electron chi connectivity index (χ4n) is 1.61. The van der Waals surface area contributed by atoms with E-state index in [1.54, 1.807) is 0 Å². The largest absolute Gasteiger partial charge is 0.354 e. The van der Waals surface area contributed by atoms with Crippen LogP contribution in [-0.4, -0.2) is 50.6 Å². The molecule has 0 saturated heterocycles. The van der Waals surface area contributed by atoms with Gasteiger partial charge in [-0.25, -0.2) is 0 Å². The van der Waals surface area contributed by atoms with Crippen molar-refractivity contribution in [3.8, 4) is 0 Å². The maximum atomic E-state index is 11.5. The van der Waals surface area contributed by atoms with E-state index < -0.39 is 0 Å². The van der Waals surface area contributed by atoms with E-state index in [1.807, 2.05) is 27.9 Å². The second-order valence-electron chi connectivity index (χ2n) is 5.71. The molecule has 1 amide bonds. The Hall–Kier alpha value is -0.610. The summed E-state index contributed by atoms with van der Waals surface area (Å²) in [5.41, 5.74) is 0.108. The molecule has 0 aliphatic rings. The van der Waals surface area contributed by atoms with Gasteiger partial charge in [-0.05, 0) is 19.5 Å². The monoisotopic (exact) mass is 229 g/mol. The van der Waals surface area contributed by atoms with Crippen LogP contribution in [0, 0.1) is 5.41 Å². The van der Waals surface area contributed by atoms with Gasteiger partial charge in [-0.15, -0.1) is 0 Å². The maximum absolute atomic E-state index is 11.5. The van der Waals surface area contributed by atoms with Crippen LogP contribution in [0.5, 0.6) is 0 Å². The van der Waals surface area contributed by atoms with Crippen molar-refractivity contribution >= 4 is 5.91 Å². The highest BCUT2D eigenvalue weighted by atomic mass is 16.1. The third-order valence-electron chi connectivity index (χ3n) is 2.18. The van der Waals surface area contributed by atoms with Gasteiger partial charge in [0.2, 0.25) is 5.91 Å². The van der Waals surface area contributed by atoms with Crippen LogP contribution in [-0.2, 0) is 4.79 Å². The summed E-state index contributed by atoms with van der Waals surface area (Å²) in [6, 6.07) is 0.348. The summed E-state index contributed by atoms with van der Waals surface area (Å²) in [5, 5.41) is 6.06. The van der Waals surface area contributed by atoms with Gasteiger partial charge in [-0.1, -0.05) is 27.7 Å². The van der Waals surface area contributed by atoms with Crippen LogP contribution in [0.3, 0.4) is 0 Å². The highest BCUT2D eigenvalue weighted by Crippen LogP contribution is 2.13. The van der Waals surface area contributed by atoms with Crippen molar-refractivity contribution < 1.29 is 4.79 Å². The summed E-state index contributed by atoms with van der Waals surface area (Å²) >= 11 is 0. The van der Waals surface area contributed by atoms with Crippen molar-refractivity contribution in [3.63, 3.8) is 0 Å². The van der Waals surface area contributed by atoms with Gasteiger partial charge < -0.3 is 15.5 Å². The molecule has 0 radical (unpaired) electrons. The van der Waals surface area contributed by atoms with Crippen LogP contribution < -0.4 is 10.6 Å².